The predicted octanol–water partition coefficient (Wildman–Crippen LogP) is 3.51. The minimum absolute atomic E-state index is 0.458. The summed E-state index contributed by atoms with van der Waals surface area (Å²) >= 11 is 0. The van der Waals surface area contributed by atoms with Crippen molar-refractivity contribution in [2.24, 2.45) is 0 Å². The SMILES string of the molecule is CCCOc1ccc(Oc2nc(CC)nc(N)c2C)cc1. The molecule has 0 radical (unpaired) electrons. The molecule has 0 aliphatic carbocycles. The van der Waals surface area contributed by atoms with Gasteiger partial charge in [-0.3, -0.25) is 0 Å². The summed E-state index contributed by atoms with van der Waals surface area (Å²) in [5.41, 5.74) is 6.63. The maximum Gasteiger partial charge on any atom is 0.227 e. The molecular weight excluding hydrogens is 266 g/mol. The standard InChI is InChI=1S/C16H21N3O2/c1-4-10-20-12-6-8-13(9-7-12)21-16-11(3)15(17)18-14(5-2)19-16/h6-9H,4-5,10H2,1-3H3,(H2,17,18,19). The van der Waals surface area contributed by atoms with E-state index >= 15 is 0 Å². The Bertz CT molecular complexity index is 597. The fraction of sp³-hybridized carbons (Fsp3) is 0.375. The molecular formula is C16H21N3O2. The number of hydrogen-bond acceptors (Lipinski definition) is 5. The molecule has 2 rings (SSSR count). The summed E-state index contributed by atoms with van der Waals surface area (Å²) in [6.07, 6.45) is 1.70. The van der Waals surface area contributed by atoms with Gasteiger partial charge in [0.15, 0.2) is 0 Å². The zero-order chi connectivity index (χ0) is 15.2. The van der Waals surface area contributed by atoms with Gasteiger partial charge in [0.1, 0.15) is 23.1 Å². The first-order valence-electron chi connectivity index (χ1n) is 7.17. The van der Waals surface area contributed by atoms with Gasteiger partial charge in [-0.15, -0.1) is 0 Å². The number of nitrogens with zero attached hydrogens (tertiary/aromatic N) is 2. The van der Waals surface area contributed by atoms with E-state index < -0.39 is 0 Å². The van der Waals surface area contributed by atoms with Crippen molar-refractivity contribution in [3.8, 4) is 17.4 Å². The van der Waals surface area contributed by atoms with E-state index in [-0.39, 0.29) is 0 Å². The molecule has 0 aliphatic heterocycles. The number of rotatable bonds is 6. The first-order valence-corrected chi connectivity index (χ1v) is 7.17. The molecule has 1 aromatic carbocycles. The molecule has 0 unspecified atom stereocenters. The molecule has 112 valence electrons. The molecule has 5 nitrogen and oxygen atoms in total. The highest BCUT2D eigenvalue weighted by atomic mass is 16.5. The van der Waals surface area contributed by atoms with Crippen molar-refractivity contribution < 1.29 is 9.47 Å². The highest BCUT2D eigenvalue weighted by Crippen LogP contribution is 2.27. The zero-order valence-corrected chi connectivity index (χ0v) is 12.7. The van der Waals surface area contributed by atoms with E-state index in [0.717, 1.165) is 17.7 Å². The first kappa shape index (κ1) is 15.1. The smallest absolute Gasteiger partial charge is 0.227 e. The fourth-order valence-corrected chi connectivity index (χ4v) is 1.75. The summed E-state index contributed by atoms with van der Waals surface area (Å²) in [6.45, 7) is 6.61. The first-order chi connectivity index (χ1) is 10.1. The number of ether oxygens (including phenoxy) is 2. The molecule has 0 amide bonds. The Morgan fingerprint density at radius 2 is 1.71 bits per heavy atom. The summed E-state index contributed by atoms with van der Waals surface area (Å²) in [7, 11) is 0. The van der Waals surface area contributed by atoms with Crippen molar-refractivity contribution in [3.63, 3.8) is 0 Å². The average Bonchev–Trinajstić information content (AvgIpc) is 2.50. The van der Waals surface area contributed by atoms with Gasteiger partial charge in [-0.25, -0.2) is 4.98 Å². The lowest BCUT2D eigenvalue weighted by molar-refractivity contribution is 0.317. The summed E-state index contributed by atoms with van der Waals surface area (Å²) < 4.78 is 11.3. The third-order valence-electron chi connectivity index (χ3n) is 3.01. The van der Waals surface area contributed by atoms with Crippen molar-refractivity contribution in [2.75, 3.05) is 12.3 Å². The van der Waals surface area contributed by atoms with Crippen molar-refractivity contribution in [1.82, 2.24) is 9.97 Å². The van der Waals surface area contributed by atoms with Crippen LogP contribution in [0.4, 0.5) is 5.82 Å². The van der Waals surface area contributed by atoms with Crippen LogP contribution in [0.3, 0.4) is 0 Å². The summed E-state index contributed by atoms with van der Waals surface area (Å²) in [5, 5.41) is 0. The fourth-order valence-electron chi connectivity index (χ4n) is 1.75. The predicted molar refractivity (Wildman–Crippen MR) is 82.9 cm³/mol. The lowest BCUT2D eigenvalue weighted by atomic mass is 10.3. The van der Waals surface area contributed by atoms with E-state index in [4.69, 9.17) is 15.2 Å². The molecule has 0 atom stereocenters. The Labute approximate surface area is 125 Å². The molecule has 0 spiro atoms. The third-order valence-corrected chi connectivity index (χ3v) is 3.01. The zero-order valence-electron chi connectivity index (χ0n) is 12.7. The van der Waals surface area contributed by atoms with Crippen LogP contribution in [0.2, 0.25) is 0 Å². The van der Waals surface area contributed by atoms with E-state index in [1.807, 2.05) is 38.1 Å². The van der Waals surface area contributed by atoms with Crippen molar-refractivity contribution >= 4 is 5.82 Å². The maximum atomic E-state index is 5.88. The molecule has 21 heavy (non-hydrogen) atoms. The van der Waals surface area contributed by atoms with Gasteiger partial charge in [0.2, 0.25) is 5.88 Å². The van der Waals surface area contributed by atoms with Gasteiger partial charge in [-0.05, 0) is 37.6 Å². The Hall–Kier alpha value is -2.30. The molecule has 0 saturated heterocycles. The number of hydrogen-bond donors (Lipinski definition) is 1. The average molecular weight is 287 g/mol. The Morgan fingerprint density at radius 1 is 1.05 bits per heavy atom. The Kier molecular flexibility index (Phi) is 4.98. The van der Waals surface area contributed by atoms with Crippen LogP contribution < -0.4 is 15.2 Å². The van der Waals surface area contributed by atoms with Crippen LogP contribution in [0.5, 0.6) is 17.4 Å². The molecule has 2 aromatic rings. The van der Waals surface area contributed by atoms with Crippen LogP contribution in [0.1, 0.15) is 31.7 Å². The summed E-state index contributed by atoms with van der Waals surface area (Å²) in [5.74, 6) is 3.16. The molecule has 1 aromatic heterocycles. The van der Waals surface area contributed by atoms with E-state index in [0.29, 0.717) is 36.3 Å². The maximum absolute atomic E-state index is 5.88. The number of anilines is 1. The van der Waals surface area contributed by atoms with Crippen molar-refractivity contribution in [3.05, 3.63) is 35.7 Å². The quantitative estimate of drug-likeness (QED) is 0.880. The molecule has 2 N–H and O–H groups in total. The van der Waals surface area contributed by atoms with Gasteiger partial charge in [0, 0.05) is 6.42 Å². The van der Waals surface area contributed by atoms with Gasteiger partial charge in [-0.1, -0.05) is 13.8 Å². The number of benzene rings is 1. The molecule has 0 fully saturated rings. The van der Waals surface area contributed by atoms with E-state index in [2.05, 4.69) is 16.9 Å². The number of nitrogen functional groups attached to an aromatic ring is 1. The van der Waals surface area contributed by atoms with Gasteiger partial charge >= 0.3 is 0 Å². The molecule has 5 heteroatoms. The van der Waals surface area contributed by atoms with E-state index in [1.165, 1.54) is 0 Å². The molecule has 1 heterocycles. The van der Waals surface area contributed by atoms with Crippen LogP contribution in [-0.4, -0.2) is 16.6 Å². The lowest BCUT2D eigenvalue weighted by Crippen LogP contribution is -2.04. The molecule has 0 aliphatic rings. The number of aryl methyl sites for hydroxylation is 1. The van der Waals surface area contributed by atoms with Crippen LogP contribution in [0.15, 0.2) is 24.3 Å². The van der Waals surface area contributed by atoms with Gasteiger partial charge in [0.25, 0.3) is 0 Å². The van der Waals surface area contributed by atoms with Gasteiger partial charge in [-0.2, -0.15) is 4.98 Å². The third kappa shape index (κ3) is 3.84. The Morgan fingerprint density at radius 3 is 2.33 bits per heavy atom. The van der Waals surface area contributed by atoms with Gasteiger partial charge in [0.05, 0.1) is 12.2 Å². The van der Waals surface area contributed by atoms with Crippen LogP contribution >= 0.6 is 0 Å². The summed E-state index contributed by atoms with van der Waals surface area (Å²) in [6, 6.07) is 7.47. The number of aromatic nitrogens is 2. The van der Waals surface area contributed by atoms with E-state index in [1.54, 1.807) is 0 Å². The van der Waals surface area contributed by atoms with Crippen molar-refractivity contribution in [1.29, 1.82) is 0 Å². The highest BCUT2D eigenvalue weighted by molar-refractivity contribution is 5.46. The topological polar surface area (TPSA) is 70.3 Å². The monoisotopic (exact) mass is 287 g/mol. The minimum atomic E-state index is 0.458. The second-order valence-corrected chi connectivity index (χ2v) is 4.73. The normalized spacial score (nSPS) is 10.4. The van der Waals surface area contributed by atoms with Gasteiger partial charge < -0.3 is 15.2 Å². The Balaban J connectivity index is 2.16. The second kappa shape index (κ2) is 6.92. The summed E-state index contributed by atoms with van der Waals surface area (Å²) in [4.78, 5) is 8.58. The molecule has 0 bridgehead atoms. The lowest BCUT2D eigenvalue weighted by Gasteiger charge is -2.11. The second-order valence-electron chi connectivity index (χ2n) is 4.73. The van der Waals surface area contributed by atoms with Crippen molar-refractivity contribution in [2.45, 2.75) is 33.6 Å². The minimum Gasteiger partial charge on any atom is -0.494 e. The molecule has 0 saturated carbocycles. The van der Waals surface area contributed by atoms with Crippen LogP contribution in [-0.2, 0) is 6.42 Å². The van der Waals surface area contributed by atoms with Crippen LogP contribution in [0.25, 0.3) is 0 Å². The van der Waals surface area contributed by atoms with Crippen LogP contribution in [0, 0.1) is 6.92 Å². The van der Waals surface area contributed by atoms with E-state index in [9.17, 15) is 0 Å². The largest absolute Gasteiger partial charge is 0.494 e. The highest BCUT2D eigenvalue weighted by Gasteiger charge is 2.10. The number of nitrogens with two attached hydrogens (primary N) is 1.